The third-order valence-electron chi connectivity index (χ3n) is 3.73. The SMILES string of the molecule is OCC1C(F)(F)C2(F)C(F)(F)C(F)(F)C1(F)C2(F)F. The summed E-state index contributed by atoms with van der Waals surface area (Å²) in [6, 6.07) is 0. The summed E-state index contributed by atoms with van der Waals surface area (Å²) in [5.41, 5.74) is -12.3. The van der Waals surface area contributed by atoms with Gasteiger partial charge in [-0.1, -0.05) is 0 Å². The number of aliphatic hydroxyl groups excluding tert-OH is 1. The molecular formula is C8H4F10O. The van der Waals surface area contributed by atoms with Crippen molar-refractivity contribution in [3.63, 3.8) is 0 Å². The fraction of sp³-hybridized carbons (Fsp3) is 1.00. The van der Waals surface area contributed by atoms with Gasteiger partial charge in [0, 0.05) is 0 Å². The molecule has 2 saturated carbocycles. The van der Waals surface area contributed by atoms with Gasteiger partial charge in [0.1, 0.15) is 0 Å². The molecule has 112 valence electrons. The second-order valence-corrected chi connectivity index (χ2v) is 4.45. The van der Waals surface area contributed by atoms with Gasteiger partial charge in [-0.15, -0.1) is 0 Å². The molecule has 1 nitrogen and oxygen atoms in total. The predicted molar refractivity (Wildman–Crippen MR) is 38.0 cm³/mol. The second kappa shape index (κ2) is 2.96. The monoisotopic (exact) mass is 306 g/mol. The smallest absolute Gasteiger partial charge is 0.359 e. The fourth-order valence-electron chi connectivity index (χ4n) is 2.68. The normalized spacial score (nSPS) is 48.5. The molecule has 0 heterocycles. The number of aliphatic hydroxyl groups is 1. The van der Waals surface area contributed by atoms with E-state index in [-0.39, 0.29) is 0 Å². The Morgan fingerprint density at radius 3 is 1.42 bits per heavy atom. The molecule has 3 unspecified atom stereocenters. The Hall–Kier alpha value is -0.740. The highest BCUT2D eigenvalue weighted by Gasteiger charge is 3.11. The molecule has 0 aliphatic heterocycles. The van der Waals surface area contributed by atoms with Crippen molar-refractivity contribution in [2.24, 2.45) is 5.92 Å². The van der Waals surface area contributed by atoms with Crippen LogP contribution in [0.5, 0.6) is 0 Å². The van der Waals surface area contributed by atoms with Crippen molar-refractivity contribution < 1.29 is 49.0 Å². The van der Waals surface area contributed by atoms with Crippen LogP contribution in [0, 0.1) is 5.92 Å². The number of hydrogen-bond acceptors (Lipinski definition) is 1. The minimum atomic E-state index is -6.63. The average Bonchev–Trinajstić information content (AvgIpc) is 2.37. The molecule has 0 aromatic heterocycles. The Kier molecular flexibility index (Phi) is 2.29. The minimum absolute atomic E-state index is 2.35. The molecule has 2 fully saturated rings. The zero-order valence-electron chi connectivity index (χ0n) is 8.51. The van der Waals surface area contributed by atoms with Gasteiger partial charge < -0.3 is 5.11 Å². The van der Waals surface area contributed by atoms with Gasteiger partial charge in [0.25, 0.3) is 5.67 Å². The first kappa shape index (κ1) is 14.7. The van der Waals surface area contributed by atoms with Gasteiger partial charge >= 0.3 is 29.4 Å². The fourth-order valence-corrected chi connectivity index (χ4v) is 2.68. The molecule has 0 aromatic rings. The molecule has 0 radical (unpaired) electrons. The summed E-state index contributed by atoms with van der Waals surface area (Å²) in [6.07, 6.45) is 0. The van der Waals surface area contributed by atoms with Crippen LogP contribution in [0.2, 0.25) is 0 Å². The highest BCUT2D eigenvalue weighted by Crippen LogP contribution is 2.80. The van der Waals surface area contributed by atoms with Crippen LogP contribution >= 0.6 is 0 Å². The van der Waals surface area contributed by atoms with E-state index in [4.69, 9.17) is 5.11 Å². The summed E-state index contributed by atoms with van der Waals surface area (Å²) >= 11 is 0. The van der Waals surface area contributed by atoms with Crippen LogP contribution in [-0.4, -0.2) is 46.7 Å². The molecule has 0 spiro atoms. The van der Waals surface area contributed by atoms with Crippen LogP contribution in [-0.2, 0) is 0 Å². The molecule has 11 heteroatoms. The lowest BCUT2D eigenvalue weighted by molar-refractivity contribution is -0.355. The Labute approximate surface area is 97.7 Å². The van der Waals surface area contributed by atoms with E-state index in [0.29, 0.717) is 0 Å². The van der Waals surface area contributed by atoms with Gasteiger partial charge in [0.05, 0.1) is 12.5 Å². The highest BCUT2D eigenvalue weighted by molar-refractivity contribution is 5.42. The first-order chi connectivity index (χ1) is 8.19. The summed E-state index contributed by atoms with van der Waals surface area (Å²) in [5.74, 6) is -29.3. The molecule has 2 bridgehead atoms. The maximum Gasteiger partial charge on any atom is 0.359 e. The van der Waals surface area contributed by atoms with E-state index in [0.717, 1.165) is 0 Å². The first-order valence-electron chi connectivity index (χ1n) is 4.69. The molecule has 2 aliphatic rings. The molecule has 0 saturated heterocycles. The van der Waals surface area contributed by atoms with Gasteiger partial charge in [-0.05, 0) is 0 Å². The summed E-state index contributed by atoms with van der Waals surface area (Å²) in [4.78, 5) is 0. The van der Waals surface area contributed by atoms with Crippen molar-refractivity contribution in [3.8, 4) is 0 Å². The van der Waals surface area contributed by atoms with Crippen LogP contribution in [0.25, 0.3) is 0 Å². The van der Waals surface area contributed by atoms with E-state index in [9.17, 15) is 43.9 Å². The third kappa shape index (κ3) is 0.888. The van der Waals surface area contributed by atoms with Gasteiger partial charge in [-0.25, -0.2) is 17.6 Å². The van der Waals surface area contributed by atoms with Crippen molar-refractivity contribution >= 4 is 0 Å². The Balaban J connectivity index is 2.89. The first-order valence-corrected chi connectivity index (χ1v) is 4.69. The molecule has 3 atom stereocenters. The summed E-state index contributed by atoms with van der Waals surface area (Å²) in [5, 5.41) is 8.34. The molecule has 2 aliphatic carbocycles. The summed E-state index contributed by atoms with van der Waals surface area (Å²) in [6.45, 7) is -2.35. The number of rotatable bonds is 1. The van der Waals surface area contributed by atoms with Crippen LogP contribution in [0.4, 0.5) is 43.9 Å². The van der Waals surface area contributed by atoms with Gasteiger partial charge in [0.2, 0.25) is 0 Å². The van der Waals surface area contributed by atoms with E-state index in [1.54, 1.807) is 0 Å². The van der Waals surface area contributed by atoms with Gasteiger partial charge in [-0.2, -0.15) is 26.3 Å². The third-order valence-corrected chi connectivity index (χ3v) is 3.73. The Morgan fingerprint density at radius 1 is 0.684 bits per heavy atom. The van der Waals surface area contributed by atoms with Crippen LogP contribution < -0.4 is 0 Å². The van der Waals surface area contributed by atoms with Crippen LogP contribution in [0.15, 0.2) is 0 Å². The molecule has 0 aromatic carbocycles. The number of hydrogen-bond donors (Lipinski definition) is 1. The minimum Gasteiger partial charge on any atom is -0.396 e. The van der Waals surface area contributed by atoms with Crippen LogP contribution in [0.1, 0.15) is 0 Å². The highest BCUT2D eigenvalue weighted by atomic mass is 19.3. The number of fused-ring (bicyclic) bond motifs is 2. The van der Waals surface area contributed by atoms with Gasteiger partial charge in [-0.3, -0.25) is 0 Å². The van der Waals surface area contributed by atoms with Crippen molar-refractivity contribution in [2.75, 3.05) is 6.61 Å². The molecule has 19 heavy (non-hydrogen) atoms. The van der Waals surface area contributed by atoms with Crippen LogP contribution in [0.3, 0.4) is 0 Å². The molecule has 2 rings (SSSR count). The van der Waals surface area contributed by atoms with Crippen molar-refractivity contribution in [1.82, 2.24) is 0 Å². The number of alkyl halides is 10. The van der Waals surface area contributed by atoms with Crippen molar-refractivity contribution in [3.05, 3.63) is 0 Å². The van der Waals surface area contributed by atoms with Crippen molar-refractivity contribution in [1.29, 1.82) is 0 Å². The molecular weight excluding hydrogens is 302 g/mol. The lowest BCUT2D eigenvalue weighted by atomic mass is 9.78. The summed E-state index contributed by atoms with van der Waals surface area (Å²) in [7, 11) is 0. The second-order valence-electron chi connectivity index (χ2n) is 4.45. The summed E-state index contributed by atoms with van der Waals surface area (Å²) < 4.78 is 132. The largest absolute Gasteiger partial charge is 0.396 e. The quantitative estimate of drug-likeness (QED) is 0.738. The zero-order chi connectivity index (χ0) is 15.3. The topological polar surface area (TPSA) is 20.2 Å². The maximum absolute atomic E-state index is 13.7. The Morgan fingerprint density at radius 2 is 1.11 bits per heavy atom. The standard InChI is InChI=1S/C8H4F10O/c9-3-2(1-19)4(10,11)5(12,6(3,13)14)8(17,18)7(3,15)16/h2,19H,1H2. The molecule has 1 N–H and O–H groups in total. The van der Waals surface area contributed by atoms with E-state index in [1.807, 2.05) is 0 Å². The van der Waals surface area contributed by atoms with E-state index < -0.39 is 47.6 Å². The zero-order valence-corrected chi connectivity index (χ0v) is 8.51. The predicted octanol–water partition coefficient (Wildman–Crippen LogP) is 2.58. The van der Waals surface area contributed by atoms with E-state index >= 15 is 0 Å². The van der Waals surface area contributed by atoms with Gasteiger partial charge in [0.15, 0.2) is 0 Å². The van der Waals surface area contributed by atoms with E-state index in [1.165, 1.54) is 0 Å². The molecule has 0 amide bonds. The Bertz CT molecular complexity index is 433. The van der Waals surface area contributed by atoms with Crippen molar-refractivity contribution in [2.45, 2.75) is 35.0 Å². The average molecular weight is 306 g/mol. The maximum atomic E-state index is 13.7. The van der Waals surface area contributed by atoms with E-state index in [2.05, 4.69) is 0 Å². The lowest BCUT2D eigenvalue weighted by Gasteiger charge is -2.42. The number of halogens is 10. The lowest BCUT2D eigenvalue weighted by Crippen LogP contribution is -2.69.